The van der Waals surface area contributed by atoms with Crippen molar-refractivity contribution in [2.75, 3.05) is 19.6 Å². The Morgan fingerprint density at radius 1 is 1.26 bits per heavy atom. The van der Waals surface area contributed by atoms with Crippen molar-refractivity contribution in [3.63, 3.8) is 0 Å². The number of nitrogens with zero attached hydrogens (tertiary/aromatic N) is 2. The maximum atomic E-state index is 12.1. The second-order valence-electron chi connectivity index (χ2n) is 6.07. The summed E-state index contributed by atoms with van der Waals surface area (Å²) in [5, 5.41) is 3.36. The van der Waals surface area contributed by atoms with Gasteiger partial charge >= 0.3 is 0 Å². The van der Waals surface area contributed by atoms with Crippen molar-refractivity contribution in [1.82, 2.24) is 15.1 Å². The molecule has 0 aliphatic carbocycles. The normalized spacial score (nSPS) is 33.1. The van der Waals surface area contributed by atoms with Gasteiger partial charge in [0.25, 0.3) is 0 Å². The lowest BCUT2D eigenvalue weighted by atomic mass is 10.0. The van der Waals surface area contributed by atoms with Crippen LogP contribution in [-0.2, 0) is 4.79 Å². The Bertz CT molecular complexity index is 308. The van der Waals surface area contributed by atoms with Gasteiger partial charge in [0.15, 0.2) is 0 Å². The van der Waals surface area contributed by atoms with Crippen LogP contribution in [0.5, 0.6) is 0 Å². The van der Waals surface area contributed by atoms with Crippen molar-refractivity contribution in [2.24, 2.45) is 0 Å². The van der Waals surface area contributed by atoms with Crippen molar-refractivity contribution in [1.29, 1.82) is 0 Å². The summed E-state index contributed by atoms with van der Waals surface area (Å²) in [5.74, 6) is 0.293. The SMILES string of the molecule is CCC1NC(C)N(CCCN2CCCCC2C)C1=O. The van der Waals surface area contributed by atoms with Crippen molar-refractivity contribution >= 4 is 5.91 Å². The Hall–Kier alpha value is -0.610. The van der Waals surface area contributed by atoms with Crippen LogP contribution in [0.2, 0.25) is 0 Å². The minimum Gasteiger partial charge on any atom is -0.326 e. The van der Waals surface area contributed by atoms with E-state index in [9.17, 15) is 4.79 Å². The molecule has 0 radical (unpaired) electrons. The van der Waals surface area contributed by atoms with E-state index in [1.54, 1.807) is 0 Å². The highest BCUT2D eigenvalue weighted by atomic mass is 16.2. The van der Waals surface area contributed by atoms with Gasteiger partial charge in [0.1, 0.15) is 0 Å². The highest BCUT2D eigenvalue weighted by molar-refractivity contribution is 5.84. The van der Waals surface area contributed by atoms with Gasteiger partial charge in [0.05, 0.1) is 12.2 Å². The standard InChI is InChI=1S/C15H29N3O/c1-4-14-15(19)18(13(3)16-14)11-7-10-17-9-6-5-8-12(17)2/h12-14,16H,4-11H2,1-3H3. The molecule has 110 valence electrons. The van der Waals surface area contributed by atoms with E-state index >= 15 is 0 Å². The molecule has 1 amide bonds. The van der Waals surface area contributed by atoms with Crippen LogP contribution in [0.15, 0.2) is 0 Å². The topological polar surface area (TPSA) is 35.6 Å². The van der Waals surface area contributed by atoms with Gasteiger partial charge in [-0.25, -0.2) is 0 Å². The number of hydrogen-bond donors (Lipinski definition) is 1. The van der Waals surface area contributed by atoms with E-state index in [1.807, 2.05) is 4.90 Å². The molecule has 0 aromatic rings. The molecule has 4 heteroatoms. The lowest BCUT2D eigenvalue weighted by Crippen LogP contribution is -2.41. The average Bonchev–Trinajstić information content (AvgIpc) is 2.68. The molecule has 2 rings (SSSR count). The monoisotopic (exact) mass is 267 g/mol. The first-order valence-electron chi connectivity index (χ1n) is 7.94. The number of amides is 1. The molecule has 2 fully saturated rings. The average molecular weight is 267 g/mol. The second kappa shape index (κ2) is 6.71. The Kier molecular flexibility index (Phi) is 5.22. The lowest BCUT2D eigenvalue weighted by Gasteiger charge is -2.34. The summed E-state index contributed by atoms with van der Waals surface area (Å²) in [6.45, 7) is 9.76. The van der Waals surface area contributed by atoms with E-state index in [1.165, 1.54) is 25.8 Å². The summed E-state index contributed by atoms with van der Waals surface area (Å²) in [7, 11) is 0. The molecule has 0 spiro atoms. The summed E-state index contributed by atoms with van der Waals surface area (Å²) < 4.78 is 0. The largest absolute Gasteiger partial charge is 0.326 e. The Balaban J connectivity index is 1.74. The fraction of sp³-hybridized carbons (Fsp3) is 0.933. The van der Waals surface area contributed by atoms with Gasteiger partial charge < -0.3 is 9.80 Å². The van der Waals surface area contributed by atoms with E-state index in [-0.39, 0.29) is 12.2 Å². The quantitative estimate of drug-likeness (QED) is 0.825. The fourth-order valence-electron chi connectivity index (χ4n) is 3.37. The predicted molar refractivity (Wildman–Crippen MR) is 77.9 cm³/mol. The lowest BCUT2D eigenvalue weighted by molar-refractivity contribution is -0.130. The molecule has 2 aliphatic heterocycles. The molecule has 3 atom stereocenters. The molecule has 0 saturated carbocycles. The number of rotatable bonds is 5. The molecule has 0 bridgehead atoms. The van der Waals surface area contributed by atoms with E-state index in [4.69, 9.17) is 0 Å². The molecule has 2 heterocycles. The molecular weight excluding hydrogens is 238 g/mol. The molecule has 0 aromatic heterocycles. The van der Waals surface area contributed by atoms with Crippen molar-refractivity contribution < 1.29 is 4.79 Å². The highest BCUT2D eigenvalue weighted by Gasteiger charge is 2.34. The summed E-state index contributed by atoms with van der Waals surface area (Å²) in [5.41, 5.74) is 0. The molecule has 2 saturated heterocycles. The summed E-state index contributed by atoms with van der Waals surface area (Å²) in [4.78, 5) is 16.7. The van der Waals surface area contributed by atoms with Crippen LogP contribution in [-0.4, -0.2) is 53.6 Å². The van der Waals surface area contributed by atoms with Crippen molar-refractivity contribution in [3.05, 3.63) is 0 Å². The smallest absolute Gasteiger partial charge is 0.240 e. The van der Waals surface area contributed by atoms with Crippen LogP contribution in [0.25, 0.3) is 0 Å². The summed E-state index contributed by atoms with van der Waals surface area (Å²) >= 11 is 0. The molecule has 2 aliphatic rings. The first kappa shape index (κ1) is 14.8. The van der Waals surface area contributed by atoms with Crippen LogP contribution in [0, 0.1) is 0 Å². The van der Waals surface area contributed by atoms with Crippen LogP contribution in [0.4, 0.5) is 0 Å². The third kappa shape index (κ3) is 3.48. The van der Waals surface area contributed by atoms with Gasteiger partial charge in [-0.15, -0.1) is 0 Å². The first-order chi connectivity index (χ1) is 9.13. The number of hydrogen-bond acceptors (Lipinski definition) is 3. The number of piperidine rings is 1. The Labute approximate surface area is 117 Å². The van der Waals surface area contributed by atoms with Gasteiger partial charge in [0, 0.05) is 19.1 Å². The Morgan fingerprint density at radius 2 is 2.05 bits per heavy atom. The zero-order valence-corrected chi connectivity index (χ0v) is 12.7. The molecule has 19 heavy (non-hydrogen) atoms. The first-order valence-corrected chi connectivity index (χ1v) is 7.94. The van der Waals surface area contributed by atoms with Gasteiger partial charge in [-0.3, -0.25) is 10.1 Å². The van der Waals surface area contributed by atoms with Gasteiger partial charge in [-0.1, -0.05) is 13.3 Å². The van der Waals surface area contributed by atoms with Gasteiger partial charge in [-0.2, -0.15) is 0 Å². The fourth-order valence-corrected chi connectivity index (χ4v) is 3.37. The number of nitrogens with one attached hydrogen (secondary N) is 1. The zero-order chi connectivity index (χ0) is 13.8. The third-order valence-electron chi connectivity index (χ3n) is 4.68. The number of likely N-dealkylation sites (tertiary alicyclic amines) is 1. The zero-order valence-electron chi connectivity index (χ0n) is 12.7. The third-order valence-corrected chi connectivity index (χ3v) is 4.68. The number of carbonyl (C=O) groups excluding carboxylic acids is 1. The molecule has 3 unspecified atom stereocenters. The van der Waals surface area contributed by atoms with E-state index < -0.39 is 0 Å². The van der Waals surface area contributed by atoms with Crippen LogP contribution >= 0.6 is 0 Å². The van der Waals surface area contributed by atoms with Crippen molar-refractivity contribution in [3.8, 4) is 0 Å². The Morgan fingerprint density at radius 3 is 2.68 bits per heavy atom. The van der Waals surface area contributed by atoms with E-state index in [0.29, 0.717) is 5.91 Å². The van der Waals surface area contributed by atoms with Gasteiger partial charge in [0.2, 0.25) is 5.91 Å². The molecular formula is C15H29N3O. The molecule has 4 nitrogen and oxygen atoms in total. The van der Waals surface area contributed by atoms with Crippen LogP contribution in [0.1, 0.15) is 52.9 Å². The van der Waals surface area contributed by atoms with Crippen LogP contribution in [0.3, 0.4) is 0 Å². The minimum atomic E-state index is 0.0453. The highest BCUT2D eigenvalue weighted by Crippen LogP contribution is 2.17. The van der Waals surface area contributed by atoms with Gasteiger partial charge in [-0.05, 0) is 46.1 Å². The summed E-state index contributed by atoms with van der Waals surface area (Å²) in [6, 6.07) is 0.769. The minimum absolute atomic E-state index is 0.0453. The predicted octanol–water partition coefficient (Wildman–Crippen LogP) is 1.81. The molecule has 1 N–H and O–H groups in total. The van der Waals surface area contributed by atoms with E-state index in [0.717, 1.165) is 32.0 Å². The van der Waals surface area contributed by atoms with E-state index in [2.05, 4.69) is 31.0 Å². The number of carbonyl (C=O) groups is 1. The second-order valence-corrected chi connectivity index (χ2v) is 6.07. The summed E-state index contributed by atoms with van der Waals surface area (Å²) in [6.07, 6.45) is 6.24. The van der Waals surface area contributed by atoms with Crippen LogP contribution < -0.4 is 5.32 Å². The van der Waals surface area contributed by atoms with Crippen molar-refractivity contribution in [2.45, 2.75) is 71.1 Å². The molecule has 0 aromatic carbocycles. The maximum Gasteiger partial charge on any atom is 0.240 e. The maximum absolute atomic E-state index is 12.1.